The average molecular weight is 322 g/mol. The third kappa shape index (κ3) is 1.99. The van der Waals surface area contributed by atoms with E-state index in [2.05, 4.69) is 0 Å². The van der Waals surface area contributed by atoms with Crippen LogP contribution in [0.5, 0.6) is 23.0 Å². The molecule has 6 heteroatoms. The molecule has 0 unspecified atom stereocenters. The molecule has 0 N–H and O–H groups in total. The van der Waals surface area contributed by atoms with Gasteiger partial charge in [0.05, 0.1) is 10.0 Å². The molecule has 0 bridgehead atoms. The van der Waals surface area contributed by atoms with Gasteiger partial charge < -0.3 is 9.47 Å². The lowest BCUT2D eigenvalue weighted by Gasteiger charge is -2.22. The first-order valence-electron chi connectivity index (χ1n) is 4.88. The van der Waals surface area contributed by atoms with Crippen LogP contribution in [0.3, 0.4) is 0 Å². The van der Waals surface area contributed by atoms with Gasteiger partial charge in [0.15, 0.2) is 23.0 Å². The minimum atomic E-state index is 0.360. The van der Waals surface area contributed by atoms with Crippen molar-refractivity contribution in [3.8, 4) is 23.0 Å². The summed E-state index contributed by atoms with van der Waals surface area (Å²) in [5, 5.41) is 1.63. The van der Waals surface area contributed by atoms with E-state index in [4.69, 9.17) is 55.9 Å². The molecule has 0 amide bonds. The zero-order chi connectivity index (χ0) is 12.9. The van der Waals surface area contributed by atoms with Gasteiger partial charge in [-0.1, -0.05) is 46.4 Å². The van der Waals surface area contributed by atoms with E-state index in [1.807, 2.05) is 0 Å². The molecule has 0 saturated heterocycles. The first kappa shape index (κ1) is 12.2. The van der Waals surface area contributed by atoms with Gasteiger partial charge in [-0.2, -0.15) is 0 Å². The van der Waals surface area contributed by atoms with Crippen LogP contribution in [0.1, 0.15) is 0 Å². The molecule has 92 valence electrons. The van der Waals surface area contributed by atoms with Crippen LogP contribution < -0.4 is 9.47 Å². The Kier molecular flexibility index (Phi) is 2.99. The van der Waals surface area contributed by atoms with Crippen molar-refractivity contribution in [1.29, 1.82) is 0 Å². The average Bonchev–Trinajstić information content (AvgIpc) is 2.27. The molecule has 0 aliphatic carbocycles. The van der Waals surface area contributed by atoms with Gasteiger partial charge in [0.25, 0.3) is 0 Å². The van der Waals surface area contributed by atoms with Crippen LogP contribution in [-0.2, 0) is 0 Å². The van der Waals surface area contributed by atoms with E-state index in [-0.39, 0.29) is 0 Å². The molecule has 1 aliphatic heterocycles. The molecule has 0 spiro atoms. The summed E-state index contributed by atoms with van der Waals surface area (Å²) in [4.78, 5) is 0. The Labute approximate surface area is 123 Å². The van der Waals surface area contributed by atoms with Gasteiger partial charge in [-0.15, -0.1) is 0 Å². The van der Waals surface area contributed by atoms with Crippen molar-refractivity contribution in [2.24, 2.45) is 0 Å². The molecule has 2 aromatic rings. The van der Waals surface area contributed by atoms with Crippen molar-refractivity contribution in [3.63, 3.8) is 0 Å². The van der Waals surface area contributed by atoms with Crippen LogP contribution >= 0.6 is 46.4 Å². The second-order valence-corrected chi connectivity index (χ2v) is 5.32. The normalized spacial score (nSPS) is 12.2. The molecule has 0 radical (unpaired) electrons. The minimum Gasteiger partial charge on any atom is -0.448 e. The highest BCUT2D eigenvalue weighted by atomic mass is 35.5. The van der Waals surface area contributed by atoms with Crippen molar-refractivity contribution < 1.29 is 9.47 Å². The van der Waals surface area contributed by atoms with Crippen molar-refractivity contribution in [2.75, 3.05) is 0 Å². The van der Waals surface area contributed by atoms with E-state index < -0.39 is 0 Å². The smallest absolute Gasteiger partial charge is 0.188 e. The third-order valence-corrected chi connectivity index (χ3v) is 3.37. The van der Waals surface area contributed by atoms with E-state index in [1.165, 1.54) is 0 Å². The van der Waals surface area contributed by atoms with Crippen molar-refractivity contribution in [2.45, 2.75) is 0 Å². The summed E-state index contributed by atoms with van der Waals surface area (Å²) in [6, 6.07) is 6.36. The lowest BCUT2D eigenvalue weighted by molar-refractivity contribution is 0.360. The number of ether oxygens (including phenoxy) is 2. The zero-order valence-corrected chi connectivity index (χ0v) is 11.7. The number of benzene rings is 2. The van der Waals surface area contributed by atoms with Gasteiger partial charge in [-0.05, 0) is 12.1 Å². The molecule has 0 saturated carbocycles. The van der Waals surface area contributed by atoms with Crippen molar-refractivity contribution >= 4 is 46.4 Å². The predicted octanol–water partition coefficient (Wildman–Crippen LogP) is 6.20. The quantitative estimate of drug-likeness (QED) is 0.491. The fourth-order valence-electron chi connectivity index (χ4n) is 1.64. The summed E-state index contributed by atoms with van der Waals surface area (Å²) in [6.07, 6.45) is 0. The second-order valence-electron chi connectivity index (χ2n) is 3.63. The second kappa shape index (κ2) is 4.39. The highest BCUT2D eigenvalue weighted by Crippen LogP contribution is 2.52. The molecule has 2 nitrogen and oxygen atoms in total. The van der Waals surface area contributed by atoms with Gasteiger partial charge in [-0.25, -0.2) is 0 Å². The number of rotatable bonds is 0. The lowest BCUT2D eigenvalue weighted by atomic mass is 10.2. The predicted molar refractivity (Wildman–Crippen MR) is 73.1 cm³/mol. The lowest BCUT2D eigenvalue weighted by Crippen LogP contribution is -2.00. The Morgan fingerprint density at radius 1 is 0.611 bits per heavy atom. The van der Waals surface area contributed by atoms with Crippen LogP contribution in [-0.4, -0.2) is 0 Å². The fourth-order valence-corrected chi connectivity index (χ4v) is 2.67. The van der Waals surface area contributed by atoms with Crippen LogP contribution in [0.15, 0.2) is 24.3 Å². The summed E-state index contributed by atoms with van der Waals surface area (Å²) in [5.41, 5.74) is 0. The van der Waals surface area contributed by atoms with Gasteiger partial charge >= 0.3 is 0 Å². The first-order valence-corrected chi connectivity index (χ1v) is 6.39. The molecule has 2 aromatic carbocycles. The summed E-state index contributed by atoms with van der Waals surface area (Å²) in [5.74, 6) is 1.63. The third-order valence-electron chi connectivity index (χ3n) is 2.37. The number of halogens is 4. The SMILES string of the molecule is Clc1cc(Cl)c2c(c1)Oc1c(Cl)cc(Cl)cc1O2. The Balaban J connectivity index is 2.18. The molecule has 1 aliphatic rings. The van der Waals surface area contributed by atoms with E-state index in [0.717, 1.165) is 0 Å². The van der Waals surface area contributed by atoms with Gasteiger partial charge in [0, 0.05) is 22.2 Å². The molecule has 0 atom stereocenters. The molecule has 18 heavy (non-hydrogen) atoms. The molecule has 3 rings (SSSR count). The maximum atomic E-state index is 6.04. The maximum absolute atomic E-state index is 6.04. The summed E-state index contributed by atoms with van der Waals surface area (Å²) in [7, 11) is 0. The molecule has 0 aromatic heterocycles. The monoisotopic (exact) mass is 320 g/mol. The number of hydrogen-bond donors (Lipinski definition) is 0. The zero-order valence-electron chi connectivity index (χ0n) is 8.64. The minimum absolute atomic E-state index is 0.360. The standard InChI is InChI=1S/C12H4Cl4O2/c13-5-1-7(15)11-9(3-5)18-12-8(16)2-6(14)4-10(12)17-11/h1-4H. The topological polar surface area (TPSA) is 18.5 Å². The fraction of sp³-hybridized carbons (Fsp3) is 0. The van der Waals surface area contributed by atoms with Crippen LogP contribution in [0.25, 0.3) is 0 Å². The van der Waals surface area contributed by atoms with E-state index >= 15 is 0 Å². The number of hydrogen-bond acceptors (Lipinski definition) is 2. The van der Waals surface area contributed by atoms with Crippen LogP contribution in [0.4, 0.5) is 0 Å². The Hall–Kier alpha value is -0.800. The summed E-state index contributed by atoms with van der Waals surface area (Å²) in [6.45, 7) is 0. The van der Waals surface area contributed by atoms with E-state index in [0.29, 0.717) is 43.1 Å². The Morgan fingerprint density at radius 3 is 1.39 bits per heavy atom. The highest BCUT2D eigenvalue weighted by molar-refractivity contribution is 6.37. The number of fused-ring (bicyclic) bond motifs is 2. The van der Waals surface area contributed by atoms with Gasteiger partial charge in [0.2, 0.25) is 0 Å². The van der Waals surface area contributed by atoms with E-state index in [1.54, 1.807) is 24.3 Å². The largest absolute Gasteiger partial charge is 0.448 e. The van der Waals surface area contributed by atoms with Crippen molar-refractivity contribution in [3.05, 3.63) is 44.4 Å². The first-order chi connectivity index (χ1) is 8.54. The molecular weight excluding hydrogens is 318 g/mol. The maximum Gasteiger partial charge on any atom is 0.188 e. The van der Waals surface area contributed by atoms with Gasteiger partial charge in [-0.3, -0.25) is 0 Å². The Morgan fingerprint density at radius 2 is 1.00 bits per heavy atom. The summed E-state index contributed by atoms with van der Waals surface area (Å²) >= 11 is 23.9. The van der Waals surface area contributed by atoms with Gasteiger partial charge in [0.1, 0.15) is 0 Å². The van der Waals surface area contributed by atoms with Crippen LogP contribution in [0, 0.1) is 0 Å². The van der Waals surface area contributed by atoms with Crippen molar-refractivity contribution in [1.82, 2.24) is 0 Å². The summed E-state index contributed by atoms with van der Waals surface area (Å²) < 4.78 is 11.3. The molecule has 1 heterocycles. The van der Waals surface area contributed by atoms with E-state index in [9.17, 15) is 0 Å². The van der Waals surface area contributed by atoms with Crippen LogP contribution in [0.2, 0.25) is 20.1 Å². The highest BCUT2D eigenvalue weighted by Gasteiger charge is 2.24. The Bertz CT molecular complexity index is 598. The molecule has 0 fully saturated rings. The molecular formula is C12H4Cl4O2.